The molecule has 1 rings (SSSR count). The quantitative estimate of drug-likeness (QED) is 0.773. The summed E-state index contributed by atoms with van der Waals surface area (Å²) in [5, 5.41) is 0. The molecular formula is C14H18O4. The molecule has 0 aromatic heterocycles. The van der Waals surface area contributed by atoms with Crippen molar-refractivity contribution < 1.29 is 19.1 Å². The van der Waals surface area contributed by atoms with Crippen molar-refractivity contribution in [2.75, 3.05) is 6.61 Å². The molecule has 0 aliphatic carbocycles. The molecule has 0 saturated heterocycles. The first-order chi connectivity index (χ1) is 8.29. The largest absolute Gasteiger partial charge is 0.457 e. The van der Waals surface area contributed by atoms with Crippen LogP contribution in [0.5, 0.6) is 0 Å². The maximum atomic E-state index is 11.7. The number of aryl methyl sites for hydroxylation is 1. The van der Waals surface area contributed by atoms with Crippen LogP contribution in [0.25, 0.3) is 0 Å². The van der Waals surface area contributed by atoms with E-state index in [1.165, 1.54) is 0 Å². The van der Waals surface area contributed by atoms with Gasteiger partial charge >= 0.3 is 11.9 Å². The lowest BCUT2D eigenvalue weighted by Gasteiger charge is -2.19. The monoisotopic (exact) mass is 250 g/mol. The number of hydrogen-bond donors (Lipinski definition) is 0. The molecule has 1 aromatic rings. The van der Waals surface area contributed by atoms with Gasteiger partial charge in [0.05, 0.1) is 5.56 Å². The van der Waals surface area contributed by atoms with Crippen LogP contribution in [0.1, 0.15) is 36.7 Å². The van der Waals surface area contributed by atoms with Crippen LogP contribution in [0.3, 0.4) is 0 Å². The summed E-state index contributed by atoms with van der Waals surface area (Å²) in [6.07, 6.45) is 0. The smallest absolute Gasteiger partial charge is 0.344 e. The molecular weight excluding hydrogens is 232 g/mol. The molecule has 0 bridgehead atoms. The number of benzene rings is 1. The Kier molecular flexibility index (Phi) is 4.48. The van der Waals surface area contributed by atoms with E-state index in [4.69, 9.17) is 9.47 Å². The Bertz CT molecular complexity index is 443. The van der Waals surface area contributed by atoms with Gasteiger partial charge in [-0.1, -0.05) is 18.2 Å². The summed E-state index contributed by atoms with van der Waals surface area (Å²) in [6, 6.07) is 7.05. The highest BCUT2D eigenvalue weighted by Gasteiger charge is 2.18. The van der Waals surface area contributed by atoms with Crippen molar-refractivity contribution in [2.24, 2.45) is 0 Å². The second-order valence-corrected chi connectivity index (χ2v) is 4.98. The molecule has 98 valence electrons. The number of esters is 2. The van der Waals surface area contributed by atoms with E-state index < -0.39 is 17.5 Å². The molecule has 1 aromatic carbocycles. The summed E-state index contributed by atoms with van der Waals surface area (Å²) in [5.74, 6) is -1.07. The highest BCUT2D eigenvalue weighted by atomic mass is 16.6. The van der Waals surface area contributed by atoms with E-state index in [1.54, 1.807) is 32.9 Å². The molecule has 0 radical (unpaired) electrons. The van der Waals surface area contributed by atoms with Crippen molar-refractivity contribution in [3.05, 3.63) is 35.4 Å². The van der Waals surface area contributed by atoms with E-state index in [-0.39, 0.29) is 6.61 Å². The number of rotatable bonds is 3. The fourth-order valence-corrected chi connectivity index (χ4v) is 1.38. The minimum Gasteiger partial charge on any atom is -0.457 e. The Hall–Kier alpha value is -1.84. The lowest BCUT2D eigenvalue weighted by atomic mass is 10.1. The molecule has 4 nitrogen and oxygen atoms in total. The molecule has 0 heterocycles. The van der Waals surface area contributed by atoms with Crippen molar-refractivity contribution >= 4 is 11.9 Å². The third-order valence-electron chi connectivity index (χ3n) is 2.11. The zero-order valence-electron chi connectivity index (χ0n) is 11.1. The average molecular weight is 250 g/mol. The molecule has 0 N–H and O–H groups in total. The molecule has 18 heavy (non-hydrogen) atoms. The number of carbonyl (C=O) groups is 2. The number of hydrogen-bond acceptors (Lipinski definition) is 4. The van der Waals surface area contributed by atoms with E-state index in [2.05, 4.69) is 0 Å². The lowest BCUT2D eigenvalue weighted by Crippen LogP contribution is -2.27. The highest BCUT2D eigenvalue weighted by Crippen LogP contribution is 2.10. The lowest BCUT2D eigenvalue weighted by molar-refractivity contribution is -0.158. The van der Waals surface area contributed by atoms with Gasteiger partial charge < -0.3 is 9.47 Å². The van der Waals surface area contributed by atoms with Gasteiger partial charge in [0.15, 0.2) is 6.61 Å². The van der Waals surface area contributed by atoms with Gasteiger partial charge in [0.25, 0.3) is 0 Å². The predicted octanol–water partition coefficient (Wildman–Crippen LogP) is 2.49. The molecule has 0 saturated carbocycles. The van der Waals surface area contributed by atoms with Gasteiger partial charge in [-0.3, -0.25) is 0 Å². The van der Waals surface area contributed by atoms with Gasteiger partial charge in [-0.15, -0.1) is 0 Å². The van der Waals surface area contributed by atoms with Gasteiger partial charge in [0, 0.05) is 0 Å². The Morgan fingerprint density at radius 1 is 1.17 bits per heavy atom. The van der Waals surface area contributed by atoms with E-state index in [0.717, 1.165) is 5.56 Å². The number of ether oxygens (including phenoxy) is 2. The summed E-state index contributed by atoms with van der Waals surface area (Å²) in [6.45, 7) is 6.71. The first-order valence-corrected chi connectivity index (χ1v) is 5.74. The topological polar surface area (TPSA) is 52.6 Å². The Labute approximate surface area is 107 Å². The van der Waals surface area contributed by atoms with Crippen molar-refractivity contribution in [3.63, 3.8) is 0 Å². The van der Waals surface area contributed by atoms with Crippen LogP contribution in [0.15, 0.2) is 24.3 Å². The maximum Gasteiger partial charge on any atom is 0.344 e. The Morgan fingerprint density at radius 2 is 1.78 bits per heavy atom. The number of carbonyl (C=O) groups excluding carboxylic acids is 2. The van der Waals surface area contributed by atoms with Crippen molar-refractivity contribution in [1.82, 2.24) is 0 Å². The average Bonchev–Trinajstić information content (AvgIpc) is 2.24. The zero-order valence-corrected chi connectivity index (χ0v) is 11.1. The summed E-state index contributed by atoms with van der Waals surface area (Å²) in [7, 11) is 0. The molecule has 0 amide bonds. The van der Waals surface area contributed by atoms with Crippen molar-refractivity contribution in [2.45, 2.75) is 33.3 Å². The van der Waals surface area contributed by atoms with Crippen LogP contribution >= 0.6 is 0 Å². The third kappa shape index (κ3) is 4.57. The van der Waals surface area contributed by atoms with Gasteiger partial charge in [-0.2, -0.15) is 0 Å². The third-order valence-corrected chi connectivity index (χ3v) is 2.11. The predicted molar refractivity (Wildman–Crippen MR) is 67.3 cm³/mol. The van der Waals surface area contributed by atoms with Gasteiger partial charge in [-0.25, -0.2) is 9.59 Å². The molecule has 0 atom stereocenters. The van der Waals surface area contributed by atoms with Crippen LogP contribution in [-0.4, -0.2) is 24.1 Å². The maximum absolute atomic E-state index is 11.7. The minimum absolute atomic E-state index is 0.371. The van der Waals surface area contributed by atoms with Crippen LogP contribution in [0.2, 0.25) is 0 Å². The minimum atomic E-state index is -0.577. The second kappa shape index (κ2) is 5.67. The summed E-state index contributed by atoms with van der Waals surface area (Å²) >= 11 is 0. The van der Waals surface area contributed by atoms with Gasteiger partial charge in [0.1, 0.15) is 5.60 Å². The first kappa shape index (κ1) is 14.2. The summed E-state index contributed by atoms with van der Waals surface area (Å²) < 4.78 is 9.94. The normalized spacial score (nSPS) is 10.9. The Morgan fingerprint density at radius 3 is 2.33 bits per heavy atom. The van der Waals surface area contributed by atoms with Crippen LogP contribution in [-0.2, 0) is 14.3 Å². The van der Waals surface area contributed by atoms with Gasteiger partial charge in [-0.05, 0) is 39.3 Å². The molecule has 0 fully saturated rings. The molecule has 0 unspecified atom stereocenters. The summed E-state index contributed by atoms with van der Waals surface area (Å²) in [4.78, 5) is 23.1. The van der Waals surface area contributed by atoms with E-state index in [0.29, 0.717) is 5.56 Å². The molecule has 0 aliphatic rings. The molecule has 4 heteroatoms. The highest BCUT2D eigenvalue weighted by molar-refractivity contribution is 5.92. The van der Waals surface area contributed by atoms with Crippen LogP contribution in [0, 0.1) is 6.92 Å². The first-order valence-electron chi connectivity index (χ1n) is 5.74. The fraction of sp³-hybridized carbons (Fsp3) is 0.429. The van der Waals surface area contributed by atoms with Crippen molar-refractivity contribution in [1.29, 1.82) is 0 Å². The Balaban J connectivity index is 2.52. The van der Waals surface area contributed by atoms with E-state index in [9.17, 15) is 9.59 Å². The van der Waals surface area contributed by atoms with E-state index in [1.807, 2.05) is 19.1 Å². The van der Waals surface area contributed by atoms with Crippen molar-refractivity contribution in [3.8, 4) is 0 Å². The second-order valence-electron chi connectivity index (χ2n) is 4.98. The fourth-order valence-electron chi connectivity index (χ4n) is 1.38. The van der Waals surface area contributed by atoms with E-state index >= 15 is 0 Å². The standard InChI is InChI=1S/C14H18O4/c1-10-7-5-6-8-11(10)13(16)17-9-12(15)18-14(2,3)4/h5-8H,9H2,1-4H3. The van der Waals surface area contributed by atoms with Crippen LogP contribution in [0.4, 0.5) is 0 Å². The van der Waals surface area contributed by atoms with Gasteiger partial charge in [0.2, 0.25) is 0 Å². The molecule has 0 spiro atoms. The summed E-state index contributed by atoms with van der Waals surface area (Å²) in [5.41, 5.74) is 0.694. The van der Waals surface area contributed by atoms with Crippen LogP contribution < -0.4 is 0 Å². The zero-order chi connectivity index (χ0) is 13.8. The molecule has 0 aliphatic heterocycles. The SMILES string of the molecule is Cc1ccccc1C(=O)OCC(=O)OC(C)(C)C.